The Morgan fingerprint density at radius 2 is 1.92 bits per heavy atom. The normalized spacial score (nSPS) is 10.1. The molecule has 1 aromatic carbocycles. The summed E-state index contributed by atoms with van der Waals surface area (Å²) in [5.74, 6) is 0. The van der Waals surface area contributed by atoms with E-state index in [0.717, 1.165) is 11.3 Å². The lowest BCUT2D eigenvalue weighted by Crippen LogP contribution is -1.76. The minimum atomic E-state index is 0.640. The quantitative estimate of drug-likeness (QED) is 0.701. The molecule has 0 atom stereocenters. The first-order valence-corrected chi connectivity index (χ1v) is 4.56. The molecule has 0 bridgehead atoms. The molecular formula is C8H5ClN2S. The molecule has 4 heteroatoms. The van der Waals surface area contributed by atoms with Gasteiger partial charge < -0.3 is 0 Å². The molecule has 0 radical (unpaired) electrons. The van der Waals surface area contributed by atoms with Gasteiger partial charge in [-0.15, -0.1) is 5.10 Å². The van der Waals surface area contributed by atoms with Crippen molar-refractivity contribution in [3.8, 4) is 11.3 Å². The largest absolute Gasteiger partial charge is 0.142 e. The Labute approximate surface area is 79.0 Å². The van der Waals surface area contributed by atoms with Gasteiger partial charge in [-0.1, -0.05) is 46.4 Å². The third-order valence-electron chi connectivity index (χ3n) is 1.50. The summed E-state index contributed by atoms with van der Waals surface area (Å²) in [5, 5.41) is 3.92. The van der Waals surface area contributed by atoms with E-state index in [2.05, 4.69) is 9.59 Å². The van der Waals surface area contributed by atoms with Crippen LogP contribution in [0.25, 0.3) is 11.3 Å². The molecule has 60 valence electrons. The number of hydrogen-bond donors (Lipinski definition) is 0. The highest BCUT2D eigenvalue weighted by atomic mass is 35.5. The summed E-state index contributed by atoms with van der Waals surface area (Å²) in [4.78, 5) is 0. The van der Waals surface area contributed by atoms with Crippen LogP contribution in [0, 0.1) is 0 Å². The van der Waals surface area contributed by atoms with Crippen molar-refractivity contribution in [1.29, 1.82) is 0 Å². The third kappa shape index (κ3) is 1.33. The van der Waals surface area contributed by atoms with E-state index in [0.29, 0.717) is 4.34 Å². The zero-order valence-corrected chi connectivity index (χ0v) is 7.64. The summed E-state index contributed by atoms with van der Waals surface area (Å²) < 4.78 is 4.40. The molecule has 0 aliphatic carbocycles. The van der Waals surface area contributed by atoms with Crippen molar-refractivity contribution in [1.82, 2.24) is 9.59 Å². The van der Waals surface area contributed by atoms with E-state index in [1.165, 1.54) is 11.5 Å². The van der Waals surface area contributed by atoms with E-state index in [4.69, 9.17) is 11.6 Å². The van der Waals surface area contributed by atoms with E-state index < -0.39 is 0 Å². The van der Waals surface area contributed by atoms with Gasteiger partial charge in [-0.05, 0) is 0 Å². The van der Waals surface area contributed by atoms with E-state index in [-0.39, 0.29) is 0 Å². The molecule has 0 aliphatic rings. The fourth-order valence-corrected chi connectivity index (χ4v) is 1.63. The van der Waals surface area contributed by atoms with Gasteiger partial charge in [-0.25, -0.2) is 0 Å². The first kappa shape index (κ1) is 7.71. The van der Waals surface area contributed by atoms with Crippen molar-refractivity contribution in [2.45, 2.75) is 0 Å². The van der Waals surface area contributed by atoms with Crippen LogP contribution < -0.4 is 0 Å². The fraction of sp³-hybridized carbons (Fsp3) is 0. The lowest BCUT2D eigenvalue weighted by Gasteiger charge is -1.93. The molecule has 2 rings (SSSR count). The van der Waals surface area contributed by atoms with Crippen molar-refractivity contribution >= 4 is 23.1 Å². The summed E-state index contributed by atoms with van der Waals surface area (Å²) in [7, 11) is 0. The van der Waals surface area contributed by atoms with Gasteiger partial charge in [0.15, 0.2) is 0 Å². The molecule has 1 heterocycles. The van der Waals surface area contributed by atoms with Crippen LogP contribution in [0.5, 0.6) is 0 Å². The van der Waals surface area contributed by atoms with Crippen molar-refractivity contribution in [3.63, 3.8) is 0 Å². The average Bonchev–Trinajstić information content (AvgIpc) is 2.53. The van der Waals surface area contributed by atoms with Crippen LogP contribution in [0.3, 0.4) is 0 Å². The second-order valence-corrected chi connectivity index (χ2v) is 3.62. The Morgan fingerprint density at radius 1 is 1.17 bits per heavy atom. The first-order valence-electron chi connectivity index (χ1n) is 3.41. The van der Waals surface area contributed by atoms with Gasteiger partial charge >= 0.3 is 0 Å². The summed E-state index contributed by atoms with van der Waals surface area (Å²) in [6, 6.07) is 9.78. The van der Waals surface area contributed by atoms with Crippen molar-refractivity contribution in [2.24, 2.45) is 0 Å². The number of rotatable bonds is 1. The molecule has 0 aliphatic heterocycles. The van der Waals surface area contributed by atoms with Crippen LogP contribution in [0.2, 0.25) is 4.34 Å². The maximum Gasteiger partial charge on any atom is 0.142 e. The summed E-state index contributed by atoms with van der Waals surface area (Å²) in [5.41, 5.74) is 1.78. The monoisotopic (exact) mass is 196 g/mol. The molecule has 0 fully saturated rings. The Hall–Kier alpha value is -0.930. The smallest absolute Gasteiger partial charge is 0.136 e. The predicted octanol–water partition coefficient (Wildman–Crippen LogP) is 2.86. The van der Waals surface area contributed by atoms with Crippen LogP contribution in [-0.2, 0) is 0 Å². The van der Waals surface area contributed by atoms with E-state index in [1.54, 1.807) is 0 Å². The molecule has 0 amide bonds. The van der Waals surface area contributed by atoms with Gasteiger partial charge in [0.05, 0.1) is 0 Å². The van der Waals surface area contributed by atoms with Crippen molar-refractivity contribution in [3.05, 3.63) is 34.7 Å². The summed E-state index contributed by atoms with van der Waals surface area (Å²) >= 11 is 7.07. The highest BCUT2D eigenvalue weighted by molar-refractivity contribution is 7.10. The zero-order chi connectivity index (χ0) is 8.39. The highest BCUT2D eigenvalue weighted by Gasteiger charge is 2.06. The van der Waals surface area contributed by atoms with Gasteiger partial charge in [-0.3, -0.25) is 0 Å². The standard InChI is InChI=1S/C8H5ClN2S/c9-8-7(10-11-12-8)6-4-2-1-3-5-6/h1-5H. The maximum absolute atomic E-state index is 5.87. The van der Waals surface area contributed by atoms with Gasteiger partial charge in [0, 0.05) is 17.1 Å². The van der Waals surface area contributed by atoms with Crippen LogP contribution in [0.4, 0.5) is 0 Å². The average molecular weight is 197 g/mol. The third-order valence-corrected chi connectivity index (χ3v) is 2.40. The lowest BCUT2D eigenvalue weighted by atomic mass is 10.2. The molecule has 0 spiro atoms. The summed E-state index contributed by atoms with van der Waals surface area (Å²) in [6.45, 7) is 0. The molecule has 12 heavy (non-hydrogen) atoms. The van der Waals surface area contributed by atoms with E-state index in [9.17, 15) is 0 Å². The molecule has 0 saturated heterocycles. The Morgan fingerprint density at radius 3 is 2.50 bits per heavy atom. The SMILES string of the molecule is Clc1snnc1-c1ccccc1. The highest BCUT2D eigenvalue weighted by Crippen LogP contribution is 2.27. The van der Waals surface area contributed by atoms with Crippen LogP contribution in [-0.4, -0.2) is 9.59 Å². The Kier molecular flexibility index (Phi) is 2.06. The molecular weight excluding hydrogens is 192 g/mol. The van der Waals surface area contributed by atoms with E-state index in [1.807, 2.05) is 30.3 Å². The first-order chi connectivity index (χ1) is 5.88. The van der Waals surface area contributed by atoms with Gasteiger partial charge in [0.2, 0.25) is 0 Å². The predicted molar refractivity (Wildman–Crippen MR) is 50.4 cm³/mol. The van der Waals surface area contributed by atoms with Crippen molar-refractivity contribution in [2.75, 3.05) is 0 Å². The number of benzene rings is 1. The second kappa shape index (κ2) is 3.21. The van der Waals surface area contributed by atoms with Gasteiger partial charge in [0.25, 0.3) is 0 Å². The van der Waals surface area contributed by atoms with Gasteiger partial charge in [0.1, 0.15) is 10.0 Å². The Balaban J connectivity index is 2.51. The minimum absolute atomic E-state index is 0.640. The molecule has 0 saturated carbocycles. The van der Waals surface area contributed by atoms with Gasteiger partial charge in [-0.2, -0.15) is 0 Å². The van der Waals surface area contributed by atoms with Crippen molar-refractivity contribution < 1.29 is 0 Å². The zero-order valence-electron chi connectivity index (χ0n) is 6.07. The Bertz CT molecular complexity index is 372. The molecule has 0 N–H and O–H groups in total. The minimum Gasteiger partial charge on any atom is -0.136 e. The topological polar surface area (TPSA) is 25.8 Å². The molecule has 0 unspecified atom stereocenters. The van der Waals surface area contributed by atoms with E-state index >= 15 is 0 Å². The number of aromatic nitrogens is 2. The van der Waals surface area contributed by atoms with Crippen LogP contribution in [0.1, 0.15) is 0 Å². The molecule has 1 aromatic heterocycles. The number of nitrogens with zero attached hydrogens (tertiary/aromatic N) is 2. The second-order valence-electron chi connectivity index (χ2n) is 2.26. The summed E-state index contributed by atoms with van der Waals surface area (Å²) in [6.07, 6.45) is 0. The lowest BCUT2D eigenvalue weighted by molar-refractivity contribution is 1.16. The molecule has 2 nitrogen and oxygen atoms in total. The maximum atomic E-state index is 5.87. The van der Waals surface area contributed by atoms with Crippen LogP contribution >= 0.6 is 23.1 Å². The number of hydrogen-bond acceptors (Lipinski definition) is 3. The number of halogens is 1. The van der Waals surface area contributed by atoms with Crippen LogP contribution in [0.15, 0.2) is 30.3 Å². The molecule has 2 aromatic rings. The fourth-order valence-electron chi connectivity index (χ4n) is 0.947.